The first-order chi connectivity index (χ1) is 21.2. The van der Waals surface area contributed by atoms with Gasteiger partial charge in [0.15, 0.2) is 0 Å². The van der Waals surface area contributed by atoms with Crippen molar-refractivity contribution < 1.29 is 19.4 Å². The number of nitrogens with zero attached hydrogens (tertiary/aromatic N) is 1. The predicted molar refractivity (Wildman–Crippen MR) is 174 cm³/mol. The highest BCUT2D eigenvalue weighted by molar-refractivity contribution is 5.90. The second-order valence-corrected chi connectivity index (χ2v) is 16.8. The van der Waals surface area contributed by atoms with Crippen LogP contribution in [-0.2, 0) is 14.3 Å². The molecular formula is C39H59NO4. The molecule has 1 saturated heterocycles. The third-order valence-electron chi connectivity index (χ3n) is 14.8. The van der Waals surface area contributed by atoms with Crippen molar-refractivity contribution in [1.82, 2.24) is 4.90 Å². The molecule has 5 fully saturated rings. The van der Waals surface area contributed by atoms with E-state index in [1.165, 1.54) is 44.8 Å². The Morgan fingerprint density at radius 1 is 1.14 bits per heavy atom. The topological polar surface area (TPSA) is 66.8 Å². The summed E-state index contributed by atoms with van der Waals surface area (Å²) in [5, 5.41) is 11.6. The molecule has 10 atom stereocenters. The highest BCUT2D eigenvalue weighted by Crippen LogP contribution is 2.84. The second-order valence-electron chi connectivity index (χ2n) is 16.8. The van der Waals surface area contributed by atoms with E-state index in [0.29, 0.717) is 24.2 Å². The maximum Gasteiger partial charge on any atom is 0.315 e. The predicted octanol–water partition coefficient (Wildman–Crippen LogP) is 8.09. The van der Waals surface area contributed by atoms with Crippen molar-refractivity contribution in [2.24, 2.45) is 57.7 Å². The number of ether oxygens (including phenoxy) is 1. The number of hydrogen-bond donors (Lipinski definition) is 1. The van der Waals surface area contributed by atoms with Crippen LogP contribution in [0, 0.1) is 57.7 Å². The van der Waals surface area contributed by atoms with E-state index in [0.717, 1.165) is 76.1 Å². The highest BCUT2D eigenvalue weighted by Gasteiger charge is 2.86. The Labute approximate surface area is 266 Å². The van der Waals surface area contributed by atoms with E-state index in [-0.39, 0.29) is 30.0 Å². The van der Waals surface area contributed by atoms with Gasteiger partial charge in [-0.2, -0.15) is 0 Å². The van der Waals surface area contributed by atoms with Gasteiger partial charge in [0.1, 0.15) is 11.7 Å². The van der Waals surface area contributed by atoms with Gasteiger partial charge in [-0.1, -0.05) is 89.5 Å². The SMILES string of the molecule is CCC1=CCCN(CC2OC(C34C[C@@H]5[C@H](C)CC[C@H]5C5(C=O)CC3C=C(C(C)C)C45C(=O)O)CC2CC2CCCCC2)CC1. The molecule has 2 aliphatic heterocycles. The quantitative estimate of drug-likeness (QED) is 0.213. The van der Waals surface area contributed by atoms with E-state index in [1.54, 1.807) is 5.57 Å². The molecule has 5 nitrogen and oxygen atoms in total. The van der Waals surface area contributed by atoms with Gasteiger partial charge in [-0.05, 0) is 92.8 Å². The van der Waals surface area contributed by atoms with E-state index in [4.69, 9.17) is 4.74 Å². The lowest BCUT2D eigenvalue weighted by atomic mass is 9.41. The average Bonchev–Trinajstić information content (AvgIpc) is 3.66. The summed E-state index contributed by atoms with van der Waals surface area (Å²) in [5.41, 5.74) is 0.172. The number of carbonyl (C=O) groups excluding carboxylic acids is 1. The lowest BCUT2D eigenvalue weighted by Crippen LogP contribution is -2.65. The van der Waals surface area contributed by atoms with Gasteiger partial charge in [0.2, 0.25) is 0 Å². The number of carbonyl (C=O) groups is 2. The Balaban J connectivity index is 1.27. The molecule has 0 aromatic rings. The van der Waals surface area contributed by atoms with Gasteiger partial charge in [-0.3, -0.25) is 4.79 Å². The van der Waals surface area contributed by atoms with Crippen LogP contribution in [0.4, 0.5) is 0 Å². The number of hydrogen-bond acceptors (Lipinski definition) is 4. The molecule has 244 valence electrons. The zero-order chi connectivity index (χ0) is 30.9. The number of fused-ring (bicyclic) bond motifs is 2. The third kappa shape index (κ3) is 4.29. The zero-order valence-corrected chi connectivity index (χ0v) is 28.1. The van der Waals surface area contributed by atoms with Gasteiger partial charge in [-0.25, -0.2) is 0 Å². The molecule has 7 unspecified atom stereocenters. The standard InChI is InChI=1S/C39H59NO4/c1-5-27-12-9-16-40(17-15-27)23-34-29(18-28-10-7-6-8-11-28)19-35(44-34)38-22-31-26(4)13-14-32(31)37(24-41)21-30(38)20-33(25(2)3)39(37,38)36(42)43/h12,20,24-26,28-32,34-35H,5-11,13-19,21-23H2,1-4H3,(H,42,43)/t26-,29?,30?,31-,32-,34?,35?,37?,38?,39?/m1/s1. The monoisotopic (exact) mass is 605 g/mol. The molecule has 0 aromatic heterocycles. The summed E-state index contributed by atoms with van der Waals surface area (Å²) in [5.74, 6) is 1.87. The fourth-order valence-corrected chi connectivity index (χ4v) is 13.0. The van der Waals surface area contributed by atoms with Crippen LogP contribution in [0.1, 0.15) is 118 Å². The summed E-state index contributed by atoms with van der Waals surface area (Å²) >= 11 is 0. The van der Waals surface area contributed by atoms with Crippen molar-refractivity contribution in [1.29, 1.82) is 0 Å². The molecule has 0 amide bonds. The van der Waals surface area contributed by atoms with Crippen LogP contribution in [0.2, 0.25) is 0 Å². The van der Waals surface area contributed by atoms with Crippen LogP contribution < -0.4 is 0 Å². The largest absolute Gasteiger partial charge is 0.481 e. The van der Waals surface area contributed by atoms with Gasteiger partial charge in [-0.15, -0.1) is 0 Å². The Morgan fingerprint density at radius 3 is 2.64 bits per heavy atom. The van der Waals surface area contributed by atoms with Gasteiger partial charge in [0, 0.05) is 25.0 Å². The minimum Gasteiger partial charge on any atom is -0.481 e. The lowest BCUT2D eigenvalue weighted by Gasteiger charge is -2.60. The third-order valence-corrected chi connectivity index (χ3v) is 14.8. The Bertz CT molecular complexity index is 1180. The molecule has 7 aliphatic rings. The van der Waals surface area contributed by atoms with Crippen LogP contribution in [0.3, 0.4) is 0 Å². The number of allylic oxidation sites excluding steroid dienone is 1. The molecule has 0 radical (unpaired) electrons. The molecule has 4 bridgehead atoms. The molecule has 7 rings (SSSR count). The first-order valence-corrected chi connectivity index (χ1v) is 18.7. The second kappa shape index (κ2) is 11.7. The minimum absolute atomic E-state index is 0.0958. The van der Waals surface area contributed by atoms with Crippen molar-refractivity contribution in [3.8, 4) is 0 Å². The normalized spacial score (nSPS) is 45.7. The molecule has 1 N–H and O–H groups in total. The summed E-state index contributed by atoms with van der Waals surface area (Å²) in [6, 6.07) is 0. The van der Waals surface area contributed by atoms with Gasteiger partial charge >= 0.3 is 5.97 Å². The molecule has 5 heteroatoms. The fraction of sp³-hybridized carbons (Fsp3) is 0.846. The highest BCUT2D eigenvalue weighted by atomic mass is 16.5. The van der Waals surface area contributed by atoms with Crippen LogP contribution in [0.25, 0.3) is 0 Å². The number of aliphatic carboxylic acids is 1. The van der Waals surface area contributed by atoms with Gasteiger partial charge < -0.3 is 19.5 Å². The Morgan fingerprint density at radius 2 is 1.93 bits per heavy atom. The first kappa shape index (κ1) is 31.2. The number of aldehydes is 1. The summed E-state index contributed by atoms with van der Waals surface area (Å²) in [6.45, 7) is 12.1. The first-order valence-electron chi connectivity index (χ1n) is 18.7. The van der Waals surface area contributed by atoms with Crippen LogP contribution in [-0.4, -0.2) is 54.1 Å². The Kier molecular flexibility index (Phi) is 8.25. The number of rotatable bonds is 9. The lowest BCUT2D eigenvalue weighted by molar-refractivity contribution is -0.197. The molecule has 0 spiro atoms. The average molecular weight is 606 g/mol. The molecule has 4 saturated carbocycles. The molecule has 5 aliphatic carbocycles. The van der Waals surface area contributed by atoms with E-state index in [2.05, 4.69) is 44.7 Å². The van der Waals surface area contributed by atoms with E-state index in [9.17, 15) is 14.7 Å². The van der Waals surface area contributed by atoms with Crippen molar-refractivity contribution in [2.45, 2.75) is 130 Å². The maximum atomic E-state index is 14.1. The fourth-order valence-electron chi connectivity index (χ4n) is 13.0. The van der Waals surface area contributed by atoms with E-state index >= 15 is 0 Å². The van der Waals surface area contributed by atoms with E-state index in [1.807, 2.05) is 0 Å². The molecular weight excluding hydrogens is 546 g/mol. The summed E-state index contributed by atoms with van der Waals surface area (Å²) in [7, 11) is 0. The molecule has 2 heterocycles. The zero-order valence-electron chi connectivity index (χ0n) is 28.1. The number of carboxylic acids is 1. The van der Waals surface area contributed by atoms with Crippen LogP contribution >= 0.6 is 0 Å². The maximum absolute atomic E-state index is 14.1. The van der Waals surface area contributed by atoms with Crippen LogP contribution in [0.15, 0.2) is 23.3 Å². The van der Waals surface area contributed by atoms with Crippen molar-refractivity contribution in [3.63, 3.8) is 0 Å². The van der Waals surface area contributed by atoms with Gasteiger partial charge in [0.25, 0.3) is 0 Å². The van der Waals surface area contributed by atoms with Crippen molar-refractivity contribution >= 4 is 12.3 Å². The van der Waals surface area contributed by atoms with E-state index < -0.39 is 22.2 Å². The van der Waals surface area contributed by atoms with Crippen molar-refractivity contribution in [2.75, 3.05) is 19.6 Å². The van der Waals surface area contributed by atoms with Crippen molar-refractivity contribution in [3.05, 3.63) is 23.3 Å². The smallest absolute Gasteiger partial charge is 0.315 e. The molecule has 44 heavy (non-hydrogen) atoms. The summed E-state index contributed by atoms with van der Waals surface area (Å²) in [6.07, 6.45) is 22.1. The Hall–Kier alpha value is -1.46. The molecule has 0 aromatic carbocycles. The summed E-state index contributed by atoms with van der Waals surface area (Å²) < 4.78 is 7.46. The summed E-state index contributed by atoms with van der Waals surface area (Å²) in [4.78, 5) is 30.4. The number of carboxylic acid groups (broad SMARTS) is 1. The van der Waals surface area contributed by atoms with Gasteiger partial charge in [0.05, 0.1) is 17.6 Å². The van der Waals surface area contributed by atoms with Crippen LogP contribution in [0.5, 0.6) is 0 Å². The minimum atomic E-state index is -1.14.